The minimum Gasteiger partial charge on any atom is -0.371 e. The Morgan fingerprint density at radius 3 is 2.45 bits per heavy atom. The average Bonchev–Trinajstić information content (AvgIpc) is 2.48. The first-order valence-corrected chi connectivity index (χ1v) is 8.65. The summed E-state index contributed by atoms with van der Waals surface area (Å²) < 4.78 is 1.30. The third-order valence-corrected chi connectivity index (χ3v) is 5.28. The predicted molar refractivity (Wildman–Crippen MR) is 92.3 cm³/mol. The number of benzene rings is 1. The van der Waals surface area contributed by atoms with Crippen molar-refractivity contribution in [2.75, 3.05) is 51.2 Å². The standard InChI is InChI=1S/C16H23IN3/c1-18-9-11-20(12-10-18)15-5-7-19(8-6-15)16-4-2-3-14(17)13-16/h2-3,13,15H,5-12H2,1H3. The molecular formula is C16H23IN3. The number of anilines is 1. The molecule has 0 N–H and O–H groups in total. The predicted octanol–water partition coefficient (Wildman–Crippen LogP) is 2.31. The van der Waals surface area contributed by atoms with Gasteiger partial charge in [-0.3, -0.25) is 4.90 Å². The first kappa shape index (κ1) is 14.6. The Balaban J connectivity index is 1.54. The van der Waals surface area contributed by atoms with E-state index >= 15 is 0 Å². The number of halogens is 1. The molecule has 1 aromatic carbocycles. The van der Waals surface area contributed by atoms with Crippen molar-refractivity contribution < 1.29 is 0 Å². The number of piperidine rings is 1. The van der Waals surface area contributed by atoms with Crippen molar-refractivity contribution in [2.24, 2.45) is 0 Å². The second-order valence-corrected chi connectivity index (χ2v) is 7.20. The summed E-state index contributed by atoms with van der Waals surface area (Å²) in [7, 11) is 2.23. The van der Waals surface area contributed by atoms with Gasteiger partial charge in [-0.1, -0.05) is 6.07 Å². The van der Waals surface area contributed by atoms with Crippen LogP contribution in [-0.4, -0.2) is 62.2 Å². The summed E-state index contributed by atoms with van der Waals surface area (Å²) in [5.74, 6) is 0. The fourth-order valence-electron chi connectivity index (χ4n) is 3.27. The fourth-order valence-corrected chi connectivity index (χ4v) is 3.74. The van der Waals surface area contributed by atoms with E-state index in [2.05, 4.69) is 62.5 Å². The number of hydrogen-bond acceptors (Lipinski definition) is 3. The van der Waals surface area contributed by atoms with Gasteiger partial charge in [-0.2, -0.15) is 0 Å². The van der Waals surface area contributed by atoms with Crippen LogP contribution in [0.25, 0.3) is 0 Å². The summed E-state index contributed by atoms with van der Waals surface area (Å²) in [6, 6.07) is 10.6. The van der Waals surface area contributed by atoms with Crippen molar-refractivity contribution in [3.05, 3.63) is 27.8 Å². The lowest BCUT2D eigenvalue weighted by molar-refractivity contribution is 0.0982. The Hall–Kier alpha value is -0.330. The van der Waals surface area contributed by atoms with Crippen LogP contribution < -0.4 is 4.90 Å². The SMILES string of the molecule is CN1CCN(C2CCN(c3[c]ccc(I)c3)CC2)CC1. The Morgan fingerprint density at radius 1 is 1.10 bits per heavy atom. The third-order valence-electron chi connectivity index (χ3n) is 4.61. The van der Waals surface area contributed by atoms with Crippen LogP contribution in [0, 0.1) is 9.64 Å². The van der Waals surface area contributed by atoms with Crippen LogP contribution in [0.3, 0.4) is 0 Å². The van der Waals surface area contributed by atoms with Crippen molar-refractivity contribution in [2.45, 2.75) is 18.9 Å². The number of rotatable bonds is 2. The Labute approximate surface area is 136 Å². The van der Waals surface area contributed by atoms with Gasteiger partial charge < -0.3 is 9.80 Å². The molecule has 0 aliphatic carbocycles. The van der Waals surface area contributed by atoms with Crippen molar-refractivity contribution in [3.63, 3.8) is 0 Å². The van der Waals surface area contributed by atoms with E-state index < -0.39 is 0 Å². The summed E-state index contributed by atoms with van der Waals surface area (Å²) in [4.78, 5) is 7.64. The summed E-state index contributed by atoms with van der Waals surface area (Å²) in [5, 5.41) is 0. The molecule has 4 heteroatoms. The molecule has 0 atom stereocenters. The minimum absolute atomic E-state index is 0.794. The number of hydrogen-bond donors (Lipinski definition) is 0. The molecule has 0 amide bonds. The lowest BCUT2D eigenvalue weighted by atomic mass is 10.0. The van der Waals surface area contributed by atoms with E-state index in [0.717, 1.165) is 6.04 Å². The molecule has 20 heavy (non-hydrogen) atoms. The van der Waals surface area contributed by atoms with Crippen molar-refractivity contribution in [3.8, 4) is 0 Å². The van der Waals surface area contributed by atoms with Gasteiger partial charge in [-0.05, 0) is 54.6 Å². The second-order valence-electron chi connectivity index (χ2n) is 5.95. The van der Waals surface area contributed by atoms with Crippen molar-refractivity contribution in [1.82, 2.24) is 9.80 Å². The second kappa shape index (κ2) is 6.62. The van der Waals surface area contributed by atoms with Crippen LogP contribution in [-0.2, 0) is 0 Å². The zero-order chi connectivity index (χ0) is 13.9. The summed E-state index contributed by atoms with van der Waals surface area (Å²) in [5.41, 5.74) is 1.27. The largest absolute Gasteiger partial charge is 0.371 e. The fraction of sp³-hybridized carbons (Fsp3) is 0.625. The van der Waals surface area contributed by atoms with Gasteiger partial charge in [0.15, 0.2) is 0 Å². The maximum atomic E-state index is 3.38. The summed E-state index contributed by atoms with van der Waals surface area (Å²) >= 11 is 2.38. The van der Waals surface area contributed by atoms with Gasteiger partial charge in [0.2, 0.25) is 0 Å². The molecule has 2 heterocycles. The first-order chi connectivity index (χ1) is 9.72. The molecule has 2 aliphatic heterocycles. The lowest BCUT2D eigenvalue weighted by Crippen LogP contribution is -2.52. The van der Waals surface area contributed by atoms with E-state index in [0.29, 0.717) is 0 Å². The average molecular weight is 384 g/mol. The van der Waals surface area contributed by atoms with Gasteiger partial charge >= 0.3 is 0 Å². The maximum absolute atomic E-state index is 3.38. The van der Waals surface area contributed by atoms with Crippen LogP contribution in [0.2, 0.25) is 0 Å². The van der Waals surface area contributed by atoms with E-state index in [1.807, 2.05) is 6.07 Å². The van der Waals surface area contributed by atoms with Gasteiger partial charge in [-0.25, -0.2) is 0 Å². The number of piperazine rings is 1. The van der Waals surface area contributed by atoms with Crippen LogP contribution >= 0.6 is 22.6 Å². The van der Waals surface area contributed by atoms with E-state index in [9.17, 15) is 0 Å². The lowest BCUT2D eigenvalue weighted by Gasteiger charge is -2.42. The van der Waals surface area contributed by atoms with Crippen LogP contribution in [0.5, 0.6) is 0 Å². The molecule has 2 saturated heterocycles. The smallest absolute Gasteiger partial charge is 0.0457 e. The molecule has 2 aliphatic rings. The molecular weight excluding hydrogens is 361 g/mol. The molecule has 0 spiro atoms. The summed E-state index contributed by atoms with van der Waals surface area (Å²) in [6.07, 6.45) is 2.59. The minimum atomic E-state index is 0.794. The molecule has 0 saturated carbocycles. The Kier molecular flexibility index (Phi) is 4.83. The normalized spacial score (nSPS) is 23.2. The molecule has 3 rings (SSSR count). The van der Waals surface area contributed by atoms with Crippen molar-refractivity contribution in [1.29, 1.82) is 0 Å². The highest BCUT2D eigenvalue weighted by atomic mass is 127. The van der Waals surface area contributed by atoms with Crippen LogP contribution in [0.15, 0.2) is 18.2 Å². The highest BCUT2D eigenvalue weighted by Crippen LogP contribution is 2.24. The third kappa shape index (κ3) is 3.46. The quantitative estimate of drug-likeness (QED) is 0.725. The Morgan fingerprint density at radius 2 is 1.80 bits per heavy atom. The zero-order valence-corrected chi connectivity index (χ0v) is 14.3. The number of nitrogens with zero attached hydrogens (tertiary/aromatic N) is 3. The molecule has 1 radical (unpaired) electrons. The van der Waals surface area contributed by atoms with Gasteiger partial charge in [0, 0.05) is 60.6 Å². The zero-order valence-electron chi connectivity index (χ0n) is 12.2. The van der Waals surface area contributed by atoms with Crippen LogP contribution in [0.1, 0.15) is 12.8 Å². The van der Waals surface area contributed by atoms with Gasteiger partial charge in [0.05, 0.1) is 0 Å². The van der Waals surface area contributed by atoms with E-state index in [-0.39, 0.29) is 0 Å². The first-order valence-electron chi connectivity index (χ1n) is 7.57. The van der Waals surface area contributed by atoms with Gasteiger partial charge in [0.25, 0.3) is 0 Å². The van der Waals surface area contributed by atoms with E-state index in [1.54, 1.807) is 0 Å². The topological polar surface area (TPSA) is 9.72 Å². The molecule has 3 nitrogen and oxygen atoms in total. The molecule has 1 aromatic rings. The van der Waals surface area contributed by atoms with Crippen LogP contribution in [0.4, 0.5) is 5.69 Å². The van der Waals surface area contributed by atoms with Crippen molar-refractivity contribution >= 4 is 28.3 Å². The Bertz CT molecular complexity index is 435. The van der Waals surface area contributed by atoms with E-state index in [4.69, 9.17) is 0 Å². The highest BCUT2D eigenvalue weighted by Gasteiger charge is 2.26. The highest BCUT2D eigenvalue weighted by molar-refractivity contribution is 14.1. The molecule has 0 unspecified atom stereocenters. The van der Waals surface area contributed by atoms with Gasteiger partial charge in [0.1, 0.15) is 0 Å². The molecule has 0 bridgehead atoms. The summed E-state index contributed by atoms with van der Waals surface area (Å²) in [6.45, 7) is 7.30. The number of likely N-dealkylation sites (N-methyl/N-ethyl adjacent to an activating group) is 1. The monoisotopic (exact) mass is 384 g/mol. The molecule has 0 aromatic heterocycles. The van der Waals surface area contributed by atoms with E-state index in [1.165, 1.54) is 61.4 Å². The molecule has 109 valence electrons. The molecule has 2 fully saturated rings. The maximum Gasteiger partial charge on any atom is 0.0457 e. The van der Waals surface area contributed by atoms with Gasteiger partial charge in [-0.15, -0.1) is 0 Å².